The second kappa shape index (κ2) is 6.14. The average molecular weight is 226 g/mol. The van der Waals surface area contributed by atoms with Crippen LogP contribution in [-0.4, -0.2) is 6.54 Å². The summed E-state index contributed by atoms with van der Waals surface area (Å²) in [5.74, 6) is 0.883. The van der Waals surface area contributed by atoms with E-state index in [9.17, 15) is 0 Å². The number of rotatable bonds is 3. The number of nitrogens with two attached hydrogens (primary N) is 1. The van der Waals surface area contributed by atoms with Gasteiger partial charge in [-0.2, -0.15) is 0 Å². The first-order chi connectivity index (χ1) is 6.90. The minimum absolute atomic E-state index is 0. The van der Waals surface area contributed by atoms with Crippen LogP contribution in [0, 0.1) is 5.92 Å². The van der Waals surface area contributed by atoms with E-state index in [0.29, 0.717) is 0 Å². The quantitative estimate of drug-likeness (QED) is 0.841. The molecule has 1 atom stereocenters. The van der Waals surface area contributed by atoms with Crippen molar-refractivity contribution in [1.82, 2.24) is 0 Å². The lowest BCUT2D eigenvalue weighted by molar-refractivity contribution is 0.417. The molecule has 1 nitrogen and oxygen atoms in total. The van der Waals surface area contributed by atoms with Gasteiger partial charge in [-0.25, -0.2) is 0 Å². The van der Waals surface area contributed by atoms with Gasteiger partial charge in [0.2, 0.25) is 0 Å². The van der Waals surface area contributed by atoms with Gasteiger partial charge < -0.3 is 5.73 Å². The van der Waals surface area contributed by atoms with Crippen molar-refractivity contribution < 1.29 is 0 Å². The Balaban J connectivity index is 0.00000112. The highest BCUT2D eigenvalue weighted by atomic mass is 35.5. The van der Waals surface area contributed by atoms with Gasteiger partial charge in [-0.05, 0) is 55.7 Å². The number of fused-ring (bicyclic) bond motifs is 1. The molecule has 1 aliphatic rings. The number of hydrogen-bond acceptors (Lipinski definition) is 1. The summed E-state index contributed by atoms with van der Waals surface area (Å²) in [6.07, 6.45) is 6.40. The lowest BCUT2D eigenvalue weighted by Crippen LogP contribution is -2.15. The van der Waals surface area contributed by atoms with E-state index in [1.807, 2.05) is 0 Å². The van der Waals surface area contributed by atoms with E-state index in [2.05, 4.69) is 24.3 Å². The molecule has 2 heteroatoms. The Hall–Kier alpha value is -0.530. The fourth-order valence-corrected chi connectivity index (χ4v) is 2.43. The Morgan fingerprint density at radius 3 is 2.67 bits per heavy atom. The lowest BCUT2D eigenvalue weighted by Gasteiger charge is -2.24. The van der Waals surface area contributed by atoms with Crippen molar-refractivity contribution in [3.8, 4) is 0 Å². The van der Waals surface area contributed by atoms with Gasteiger partial charge in [0.1, 0.15) is 0 Å². The van der Waals surface area contributed by atoms with Crippen molar-refractivity contribution in [2.75, 3.05) is 6.54 Å². The Bertz CT molecular complexity index is 298. The smallest absolute Gasteiger partial charge is 0.00772 e. The van der Waals surface area contributed by atoms with Gasteiger partial charge in [-0.15, -0.1) is 12.4 Å². The highest BCUT2D eigenvalue weighted by Crippen LogP contribution is 2.27. The van der Waals surface area contributed by atoms with E-state index in [-0.39, 0.29) is 12.4 Å². The van der Waals surface area contributed by atoms with Gasteiger partial charge in [0.15, 0.2) is 0 Å². The van der Waals surface area contributed by atoms with E-state index in [0.717, 1.165) is 12.5 Å². The van der Waals surface area contributed by atoms with E-state index in [4.69, 9.17) is 5.73 Å². The van der Waals surface area contributed by atoms with Crippen LogP contribution in [0.4, 0.5) is 0 Å². The zero-order valence-electron chi connectivity index (χ0n) is 9.11. The summed E-state index contributed by atoms with van der Waals surface area (Å²) in [4.78, 5) is 0. The van der Waals surface area contributed by atoms with Gasteiger partial charge in [-0.3, -0.25) is 0 Å². The van der Waals surface area contributed by atoms with Crippen molar-refractivity contribution >= 4 is 12.4 Å². The van der Waals surface area contributed by atoms with Crippen LogP contribution in [0.25, 0.3) is 0 Å². The molecule has 0 amide bonds. The first-order valence-corrected chi connectivity index (χ1v) is 5.67. The zero-order chi connectivity index (χ0) is 9.80. The van der Waals surface area contributed by atoms with Crippen LogP contribution in [-0.2, 0) is 12.8 Å². The maximum atomic E-state index is 5.54. The summed E-state index contributed by atoms with van der Waals surface area (Å²) in [7, 11) is 0. The van der Waals surface area contributed by atoms with E-state index < -0.39 is 0 Å². The van der Waals surface area contributed by atoms with E-state index in [1.165, 1.54) is 32.1 Å². The highest BCUT2D eigenvalue weighted by Gasteiger charge is 2.17. The maximum absolute atomic E-state index is 5.54. The summed E-state index contributed by atoms with van der Waals surface area (Å²) >= 11 is 0. The molecule has 0 aliphatic heterocycles. The standard InChI is InChI=1S/C13H19N.ClH/c14-9-3-4-11-7-8-12-5-1-2-6-13(12)10-11;/h1-2,5-6,11H,3-4,7-10,14H2;1H. The predicted molar refractivity (Wildman–Crippen MR) is 67.5 cm³/mol. The molecule has 1 aliphatic carbocycles. The van der Waals surface area contributed by atoms with Crippen molar-refractivity contribution in [1.29, 1.82) is 0 Å². The lowest BCUT2D eigenvalue weighted by atomic mass is 9.82. The molecule has 2 N–H and O–H groups in total. The Kier molecular flexibility index (Phi) is 5.13. The van der Waals surface area contributed by atoms with Crippen molar-refractivity contribution in [3.63, 3.8) is 0 Å². The van der Waals surface area contributed by atoms with Crippen molar-refractivity contribution in [2.45, 2.75) is 32.1 Å². The minimum atomic E-state index is 0. The average Bonchev–Trinajstić information content (AvgIpc) is 2.26. The molecule has 0 radical (unpaired) electrons. The number of hydrogen-bond donors (Lipinski definition) is 1. The van der Waals surface area contributed by atoms with Crippen LogP contribution in [0.1, 0.15) is 30.4 Å². The molecule has 0 bridgehead atoms. The molecule has 0 aromatic heterocycles. The van der Waals surface area contributed by atoms with Gasteiger partial charge in [0.25, 0.3) is 0 Å². The summed E-state index contributed by atoms with van der Waals surface area (Å²) in [5.41, 5.74) is 8.68. The van der Waals surface area contributed by atoms with E-state index >= 15 is 0 Å². The van der Waals surface area contributed by atoms with E-state index in [1.54, 1.807) is 11.1 Å². The monoisotopic (exact) mass is 225 g/mol. The molecule has 0 spiro atoms. The molecule has 2 rings (SSSR count). The SMILES string of the molecule is Cl.NCCCC1CCc2ccccc2C1. The summed E-state index contributed by atoms with van der Waals surface area (Å²) < 4.78 is 0. The van der Waals surface area contributed by atoms with Crippen molar-refractivity contribution in [3.05, 3.63) is 35.4 Å². The highest BCUT2D eigenvalue weighted by molar-refractivity contribution is 5.85. The van der Waals surface area contributed by atoms with Crippen LogP contribution in [0.2, 0.25) is 0 Å². The Labute approximate surface area is 98.5 Å². The van der Waals surface area contributed by atoms with Crippen LogP contribution >= 0.6 is 12.4 Å². The van der Waals surface area contributed by atoms with Crippen LogP contribution < -0.4 is 5.73 Å². The number of benzene rings is 1. The van der Waals surface area contributed by atoms with Crippen LogP contribution in [0.3, 0.4) is 0 Å². The van der Waals surface area contributed by atoms with Gasteiger partial charge in [0, 0.05) is 0 Å². The zero-order valence-corrected chi connectivity index (χ0v) is 9.93. The molecular weight excluding hydrogens is 206 g/mol. The van der Waals surface area contributed by atoms with Crippen molar-refractivity contribution in [2.24, 2.45) is 11.7 Å². The molecule has 1 unspecified atom stereocenters. The third-order valence-electron chi connectivity index (χ3n) is 3.27. The second-order valence-electron chi connectivity index (χ2n) is 4.31. The molecule has 1 aromatic carbocycles. The molecule has 84 valence electrons. The summed E-state index contributed by atoms with van der Waals surface area (Å²) in [5, 5.41) is 0. The normalized spacial score (nSPS) is 19.1. The predicted octanol–water partition coefficient (Wildman–Crippen LogP) is 2.95. The first kappa shape index (κ1) is 12.5. The van der Waals surface area contributed by atoms with Crippen LogP contribution in [0.5, 0.6) is 0 Å². The molecule has 0 saturated heterocycles. The molecule has 1 aromatic rings. The third kappa shape index (κ3) is 3.22. The largest absolute Gasteiger partial charge is 0.330 e. The molecule has 0 fully saturated rings. The topological polar surface area (TPSA) is 26.0 Å². The third-order valence-corrected chi connectivity index (χ3v) is 3.27. The summed E-state index contributed by atoms with van der Waals surface area (Å²) in [6.45, 7) is 0.845. The Morgan fingerprint density at radius 1 is 1.20 bits per heavy atom. The molecule has 0 saturated carbocycles. The minimum Gasteiger partial charge on any atom is -0.330 e. The fraction of sp³-hybridized carbons (Fsp3) is 0.538. The molecule has 0 heterocycles. The van der Waals surface area contributed by atoms with Gasteiger partial charge in [-0.1, -0.05) is 24.3 Å². The number of halogens is 1. The fourth-order valence-electron chi connectivity index (χ4n) is 2.43. The maximum Gasteiger partial charge on any atom is -0.00772 e. The Morgan fingerprint density at radius 2 is 1.93 bits per heavy atom. The number of aryl methyl sites for hydroxylation is 1. The second-order valence-corrected chi connectivity index (χ2v) is 4.31. The molecule has 15 heavy (non-hydrogen) atoms. The van der Waals surface area contributed by atoms with Gasteiger partial charge in [0.05, 0.1) is 0 Å². The summed E-state index contributed by atoms with van der Waals surface area (Å²) in [6, 6.07) is 8.86. The first-order valence-electron chi connectivity index (χ1n) is 5.67. The van der Waals surface area contributed by atoms with Gasteiger partial charge >= 0.3 is 0 Å². The van der Waals surface area contributed by atoms with Crippen LogP contribution in [0.15, 0.2) is 24.3 Å². The molecular formula is C13H20ClN.